The lowest BCUT2D eigenvalue weighted by atomic mass is 10.3. The van der Waals surface area contributed by atoms with E-state index in [-0.39, 0.29) is 0 Å². The first-order valence-electron chi connectivity index (χ1n) is 5.67. The zero-order chi connectivity index (χ0) is 12.4. The first-order valence-corrected chi connectivity index (χ1v) is 5.67. The molecule has 3 rings (SSSR count). The van der Waals surface area contributed by atoms with Crippen molar-refractivity contribution >= 4 is 0 Å². The van der Waals surface area contributed by atoms with Crippen LogP contribution in [0.4, 0.5) is 0 Å². The second-order valence-corrected chi connectivity index (χ2v) is 4.03. The first-order chi connectivity index (χ1) is 8.83. The summed E-state index contributed by atoms with van der Waals surface area (Å²) in [4.78, 5) is 8.63. The highest BCUT2D eigenvalue weighted by Gasteiger charge is 2.09. The number of imidazole rings is 1. The van der Waals surface area contributed by atoms with Gasteiger partial charge in [0, 0.05) is 24.7 Å². The van der Waals surface area contributed by atoms with Gasteiger partial charge in [0.25, 0.3) is 0 Å². The Bertz CT molecular complexity index is 642. The van der Waals surface area contributed by atoms with Crippen LogP contribution < -0.4 is 0 Å². The summed E-state index contributed by atoms with van der Waals surface area (Å²) in [6.45, 7) is 2.51. The molecule has 0 fully saturated rings. The van der Waals surface area contributed by atoms with E-state index in [0.717, 1.165) is 23.0 Å². The Morgan fingerprint density at radius 1 is 1.22 bits per heavy atom. The van der Waals surface area contributed by atoms with Gasteiger partial charge < -0.3 is 9.09 Å². The molecule has 5 heteroatoms. The van der Waals surface area contributed by atoms with Gasteiger partial charge in [-0.25, -0.2) is 4.98 Å². The van der Waals surface area contributed by atoms with Crippen molar-refractivity contribution in [1.82, 2.24) is 19.7 Å². The maximum Gasteiger partial charge on any atom is 0.159 e. The molecule has 90 valence electrons. The summed E-state index contributed by atoms with van der Waals surface area (Å²) in [5, 5.41) is 3.88. The number of aryl methyl sites for hydroxylation is 1. The second kappa shape index (κ2) is 4.44. The molecule has 0 amide bonds. The van der Waals surface area contributed by atoms with E-state index >= 15 is 0 Å². The quantitative estimate of drug-likeness (QED) is 0.704. The lowest BCUT2D eigenvalue weighted by molar-refractivity contribution is 0.373. The standard InChI is InChI=1S/C13H12N4O/c1-10-8-11(18-16-10)9-17-7-6-15-13(17)12-4-2-3-5-14-12/h2-8H,9H2,1H3. The number of hydrogen-bond donors (Lipinski definition) is 0. The smallest absolute Gasteiger partial charge is 0.159 e. The van der Waals surface area contributed by atoms with Gasteiger partial charge in [-0.05, 0) is 19.1 Å². The van der Waals surface area contributed by atoms with Crippen molar-refractivity contribution in [1.29, 1.82) is 0 Å². The minimum atomic E-state index is 0.604. The van der Waals surface area contributed by atoms with Gasteiger partial charge in [0.05, 0.1) is 12.2 Å². The second-order valence-electron chi connectivity index (χ2n) is 4.03. The van der Waals surface area contributed by atoms with Crippen molar-refractivity contribution in [2.45, 2.75) is 13.5 Å². The zero-order valence-electron chi connectivity index (χ0n) is 9.95. The summed E-state index contributed by atoms with van der Waals surface area (Å²) in [6, 6.07) is 7.68. The van der Waals surface area contributed by atoms with Crippen molar-refractivity contribution < 1.29 is 4.52 Å². The number of hydrogen-bond acceptors (Lipinski definition) is 4. The third-order valence-corrected chi connectivity index (χ3v) is 2.61. The molecule has 0 saturated carbocycles. The van der Waals surface area contributed by atoms with Gasteiger partial charge in [0.15, 0.2) is 11.6 Å². The predicted octanol–water partition coefficient (Wildman–Crippen LogP) is 2.29. The van der Waals surface area contributed by atoms with Crippen LogP contribution in [0.3, 0.4) is 0 Å². The summed E-state index contributed by atoms with van der Waals surface area (Å²) in [6.07, 6.45) is 5.42. The molecule has 0 spiro atoms. The largest absolute Gasteiger partial charge is 0.359 e. The fraction of sp³-hybridized carbons (Fsp3) is 0.154. The van der Waals surface area contributed by atoms with E-state index in [9.17, 15) is 0 Å². The SMILES string of the molecule is Cc1cc(Cn2ccnc2-c2ccccn2)on1. The van der Waals surface area contributed by atoms with Crippen molar-refractivity contribution in [2.75, 3.05) is 0 Å². The average Bonchev–Trinajstić information content (AvgIpc) is 3.00. The molecule has 0 aliphatic rings. The Labute approximate surface area is 104 Å². The Hall–Kier alpha value is -2.43. The van der Waals surface area contributed by atoms with E-state index in [1.807, 2.05) is 42.0 Å². The zero-order valence-corrected chi connectivity index (χ0v) is 9.95. The molecular weight excluding hydrogens is 228 g/mol. The molecule has 0 N–H and O–H groups in total. The van der Waals surface area contributed by atoms with Crippen LogP contribution in [0, 0.1) is 6.92 Å². The van der Waals surface area contributed by atoms with Crippen LogP contribution in [0.2, 0.25) is 0 Å². The van der Waals surface area contributed by atoms with E-state index in [2.05, 4.69) is 15.1 Å². The van der Waals surface area contributed by atoms with Gasteiger partial charge in [-0.3, -0.25) is 4.98 Å². The molecule has 3 aromatic rings. The lowest BCUT2D eigenvalue weighted by Crippen LogP contribution is -2.01. The molecule has 3 heterocycles. The summed E-state index contributed by atoms with van der Waals surface area (Å²) in [5.41, 5.74) is 1.73. The van der Waals surface area contributed by atoms with Gasteiger partial charge >= 0.3 is 0 Å². The van der Waals surface area contributed by atoms with E-state index in [0.29, 0.717) is 6.54 Å². The summed E-state index contributed by atoms with van der Waals surface area (Å²) >= 11 is 0. The highest BCUT2D eigenvalue weighted by Crippen LogP contribution is 2.16. The molecule has 0 aliphatic carbocycles. The van der Waals surface area contributed by atoms with Crippen LogP contribution in [0.1, 0.15) is 11.5 Å². The summed E-state index contributed by atoms with van der Waals surface area (Å²) < 4.78 is 7.20. The van der Waals surface area contributed by atoms with Crippen LogP contribution in [0.5, 0.6) is 0 Å². The number of aromatic nitrogens is 4. The van der Waals surface area contributed by atoms with Crippen LogP contribution in [0.25, 0.3) is 11.5 Å². The molecule has 5 nitrogen and oxygen atoms in total. The molecule has 18 heavy (non-hydrogen) atoms. The molecule has 0 aliphatic heterocycles. The molecule has 0 bridgehead atoms. The number of pyridine rings is 1. The maximum atomic E-state index is 5.21. The molecule has 0 aromatic carbocycles. The number of rotatable bonds is 3. The van der Waals surface area contributed by atoms with Crippen LogP contribution in [-0.4, -0.2) is 19.7 Å². The van der Waals surface area contributed by atoms with Gasteiger partial charge in [-0.2, -0.15) is 0 Å². The van der Waals surface area contributed by atoms with Crippen molar-refractivity contribution in [3.05, 3.63) is 54.3 Å². The van der Waals surface area contributed by atoms with Crippen LogP contribution in [-0.2, 0) is 6.54 Å². The third-order valence-electron chi connectivity index (χ3n) is 2.61. The third kappa shape index (κ3) is 2.02. The molecule has 0 unspecified atom stereocenters. The van der Waals surface area contributed by atoms with Gasteiger partial charge in [-0.1, -0.05) is 11.2 Å². The Morgan fingerprint density at radius 3 is 2.89 bits per heavy atom. The fourth-order valence-electron chi connectivity index (χ4n) is 1.82. The Balaban J connectivity index is 1.93. The first kappa shape index (κ1) is 10.7. The lowest BCUT2D eigenvalue weighted by Gasteiger charge is -2.04. The van der Waals surface area contributed by atoms with Gasteiger partial charge in [0.2, 0.25) is 0 Å². The molecule has 3 aromatic heterocycles. The molecule has 0 saturated heterocycles. The minimum Gasteiger partial charge on any atom is -0.359 e. The molecular formula is C13H12N4O. The maximum absolute atomic E-state index is 5.21. The van der Waals surface area contributed by atoms with E-state index in [1.165, 1.54) is 0 Å². The fourth-order valence-corrected chi connectivity index (χ4v) is 1.82. The van der Waals surface area contributed by atoms with E-state index in [4.69, 9.17) is 4.52 Å². The topological polar surface area (TPSA) is 56.7 Å². The predicted molar refractivity (Wildman–Crippen MR) is 65.8 cm³/mol. The Kier molecular flexibility index (Phi) is 2.64. The normalized spacial score (nSPS) is 10.7. The summed E-state index contributed by atoms with van der Waals surface area (Å²) in [7, 11) is 0. The van der Waals surface area contributed by atoms with Crippen LogP contribution >= 0.6 is 0 Å². The van der Waals surface area contributed by atoms with Crippen molar-refractivity contribution in [3.63, 3.8) is 0 Å². The van der Waals surface area contributed by atoms with Gasteiger partial charge in [0.1, 0.15) is 5.69 Å². The van der Waals surface area contributed by atoms with E-state index < -0.39 is 0 Å². The highest BCUT2D eigenvalue weighted by molar-refractivity contribution is 5.49. The monoisotopic (exact) mass is 240 g/mol. The van der Waals surface area contributed by atoms with Gasteiger partial charge in [-0.15, -0.1) is 0 Å². The van der Waals surface area contributed by atoms with Crippen molar-refractivity contribution in [3.8, 4) is 11.5 Å². The average molecular weight is 240 g/mol. The van der Waals surface area contributed by atoms with Crippen LogP contribution in [0.15, 0.2) is 47.4 Å². The minimum absolute atomic E-state index is 0.604. The van der Waals surface area contributed by atoms with Crippen molar-refractivity contribution in [2.24, 2.45) is 0 Å². The molecule has 0 radical (unpaired) electrons. The number of nitrogens with zero attached hydrogens (tertiary/aromatic N) is 4. The van der Waals surface area contributed by atoms with E-state index in [1.54, 1.807) is 12.4 Å². The molecule has 0 atom stereocenters. The Morgan fingerprint density at radius 2 is 2.17 bits per heavy atom. The highest BCUT2D eigenvalue weighted by atomic mass is 16.5. The summed E-state index contributed by atoms with van der Waals surface area (Å²) in [5.74, 6) is 1.63.